The third kappa shape index (κ3) is 2.94. The van der Waals surface area contributed by atoms with Crippen molar-refractivity contribution in [3.8, 4) is 0 Å². The molecule has 0 aliphatic carbocycles. The number of rotatable bonds is 4. The largest absolute Gasteiger partial charge is 0.307 e. The summed E-state index contributed by atoms with van der Waals surface area (Å²) in [6.45, 7) is 6.23. The summed E-state index contributed by atoms with van der Waals surface area (Å²) >= 11 is 7.22. The number of aryl methyl sites for hydroxylation is 2. The molecule has 0 aromatic carbocycles. The third-order valence-electron chi connectivity index (χ3n) is 2.46. The number of halogens is 1. The van der Waals surface area contributed by atoms with E-state index in [4.69, 9.17) is 0 Å². The van der Waals surface area contributed by atoms with Gasteiger partial charge in [0.2, 0.25) is 0 Å². The Hall–Kier alpha value is -0.160. The smallest absolute Gasteiger partial charge is 0.0314 e. The van der Waals surface area contributed by atoms with Gasteiger partial charge in [-0.3, -0.25) is 0 Å². The van der Waals surface area contributed by atoms with Crippen molar-refractivity contribution in [1.82, 2.24) is 5.32 Å². The zero-order valence-corrected chi connectivity index (χ0v) is 12.6. The van der Waals surface area contributed by atoms with E-state index in [1.54, 1.807) is 0 Å². The summed E-state index contributed by atoms with van der Waals surface area (Å²) in [7, 11) is 0. The number of nitrogens with one attached hydrogen (secondary N) is 1. The second-order valence-electron chi connectivity index (χ2n) is 3.75. The summed E-state index contributed by atoms with van der Waals surface area (Å²) < 4.78 is 1.22. The van der Waals surface area contributed by atoms with Crippen LogP contribution in [0.2, 0.25) is 0 Å². The van der Waals surface area contributed by atoms with Crippen LogP contribution in [0.4, 0.5) is 0 Å². The van der Waals surface area contributed by atoms with Gasteiger partial charge in [-0.25, -0.2) is 0 Å². The van der Waals surface area contributed by atoms with Crippen LogP contribution < -0.4 is 5.32 Å². The second-order valence-corrected chi connectivity index (χ2v) is 6.94. The molecule has 0 aliphatic heterocycles. The highest BCUT2D eigenvalue weighted by atomic mass is 79.9. The molecule has 2 rings (SSSR count). The molecule has 1 nitrogen and oxygen atoms in total. The lowest BCUT2D eigenvalue weighted by Gasteiger charge is -2.01. The highest BCUT2D eigenvalue weighted by Crippen LogP contribution is 2.26. The standard InChI is InChI=1S/C12H14BrNS2/c1-8-3-4-15-12(8)7-14-6-10-5-11(13)9(2)16-10/h3-5,14H,6-7H2,1-2H3. The van der Waals surface area contributed by atoms with Gasteiger partial charge in [0.15, 0.2) is 0 Å². The SMILES string of the molecule is Cc1ccsc1CNCc1cc(Br)c(C)s1. The van der Waals surface area contributed by atoms with Gasteiger partial charge in [-0.05, 0) is 52.9 Å². The quantitative estimate of drug-likeness (QED) is 0.877. The van der Waals surface area contributed by atoms with Crippen molar-refractivity contribution < 1.29 is 0 Å². The molecule has 16 heavy (non-hydrogen) atoms. The van der Waals surface area contributed by atoms with Crippen LogP contribution in [0.3, 0.4) is 0 Å². The Balaban J connectivity index is 1.87. The fraction of sp³-hybridized carbons (Fsp3) is 0.333. The molecule has 0 aliphatic rings. The van der Waals surface area contributed by atoms with Gasteiger partial charge >= 0.3 is 0 Å². The van der Waals surface area contributed by atoms with E-state index < -0.39 is 0 Å². The van der Waals surface area contributed by atoms with E-state index in [1.165, 1.54) is 24.7 Å². The highest BCUT2D eigenvalue weighted by molar-refractivity contribution is 9.10. The first kappa shape index (κ1) is 12.3. The molecule has 1 N–H and O–H groups in total. The van der Waals surface area contributed by atoms with Crippen molar-refractivity contribution in [3.05, 3.63) is 42.2 Å². The molecule has 0 radical (unpaired) electrons. The molecule has 2 heterocycles. The van der Waals surface area contributed by atoms with E-state index >= 15 is 0 Å². The van der Waals surface area contributed by atoms with Crippen molar-refractivity contribution in [2.45, 2.75) is 26.9 Å². The Kier molecular flexibility index (Phi) is 4.19. The van der Waals surface area contributed by atoms with Gasteiger partial charge in [-0.1, -0.05) is 0 Å². The molecule has 86 valence electrons. The molecule has 0 bridgehead atoms. The Labute approximate surface area is 113 Å². The van der Waals surface area contributed by atoms with E-state index in [1.807, 2.05) is 22.7 Å². The molecule has 0 amide bonds. The third-order valence-corrected chi connectivity index (χ3v) is 5.62. The minimum atomic E-state index is 0.953. The van der Waals surface area contributed by atoms with Crippen molar-refractivity contribution in [2.24, 2.45) is 0 Å². The first-order valence-corrected chi connectivity index (χ1v) is 7.64. The summed E-state index contributed by atoms with van der Waals surface area (Å²) in [6.07, 6.45) is 0. The molecule has 0 atom stereocenters. The summed E-state index contributed by atoms with van der Waals surface area (Å²) in [6, 6.07) is 4.38. The fourth-order valence-electron chi connectivity index (χ4n) is 1.49. The average Bonchev–Trinajstić information content (AvgIpc) is 2.76. The first-order valence-electron chi connectivity index (χ1n) is 5.15. The van der Waals surface area contributed by atoms with Crippen molar-refractivity contribution in [2.75, 3.05) is 0 Å². The predicted octanol–water partition coefficient (Wildman–Crippen LogP) is 4.48. The topological polar surface area (TPSA) is 12.0 Å². The zero-order chi connectivity index (χ0) is 11.5. The monoisotopic (exact) mass is 315 g/mol. The van der Waals surface area contributed by atoms with Gasteiger partial charge in [0.05, 0.1) is 0 Å². The highest BCUT2D eigenvalue weighted by Gasteiger charge is 2.03. The van der Waals surface area contributed by atoms with E-state index in [0.29, 0.717) is 0 Å². The molecule has 2 aromatic heterocycles. The summed E-state index contributed by atoms with van der Waals surface area (Å²) in [5.74, 6) is 0. The predicted molar refractivity (Wildman–Crippen MR) is 76.4 cm³/mol. The molecule has 2 aromatic rings. The summed E-state index contributed by atoms with van der Waals surface area (Å²) in [5.41, 5.74) is 1.39. The average molecular weight is 316 g/mol. The van der Waals surface area contributed by atoms with E-state index in [2.05, 4.69) is 52.6 Å². The Morgan fingerprint density at radius 1 is 1.31 bits per heavy atom. The van der Waals surface area contributed by atoms with Crippen LogP contribution >= 0.6 is 38.6 Å². The number of hydrogen-bond acceptors (Lipinski definition) is 3. The van der Waals surface area contributed by atoms with Gasteiger partial charge in [-0.15, -0.1) is 22.7 Å². The molecule has 0 saturated heterocycles. The van der Waals surface area contributed by atoms with Crippen molar-refractivity contribution in [1.29, 1.82) is 0 Å². The second kappa shape index (κ2) is 5.45. The van der Waals surface area contributed by atoms with Crippen molar-refractivity contribution >= 4 is 38.6 Å². The lowest BCUT2D eigenvalue weighted by atomic mass is 10.3. The van der Waals surface area contributed by atoms with Crippen LogP contribution in [-0.2, 0) is 13.1 Å². The molecule has 0 spiro atoms. The van der Waals surface area contributed by atoms with Gasteiger partial charge < -0.3 is 5.32 Å². The van der Waals surface area contributed by atoms with Gasteiger partial charge in [0.25, 0.3) is 0 Å². The van der Waals surface area contributed by atoms with Crippen molar-refractivity contribution in [3.63, 3.8) is 0 Å². The molecule has 0 saturated carbocycles. The van der Waals surface area contributed by atoms with Gasteiger partial charge in [-0.2, -0.15) is 0 Å². The minimum absolute atomic E-state index is 0.953. The first-order chi connectivity index (χ1) is 7.66. The maximum absolute atomic E-state index is 3.54. The Morgan fingerprint density at radius 3 is 2.69 bits per heavy atom. The van der Waals surface area contributed by atoms with Crippen LogP contribution in [0, 0.1) is 13.8 Å². The van der Waals surface area contributed by atoms with Crippen LogP contribution in [0.25, 0.3) is 0 Å². The minimum Gasteiger partial charge on any atom is -0.307 e. The number of hydrogen-bond donors (Lipinski definition) is 1. The Bertz CT molecular complexity index is 454. The maximum atomic E-state index is 3.54. The van der Waals surface area contributed by atoms with E-state index in [0.717, 1.165) is 13.1 Å². The lowest BCUT2D eigenvalue weighted by Crippen LogP contribution is -2.11. The molecular weight excluding hydrogens is 302 g/mol. The van der Waals surface area contributed by atoms with Crippen LogP contribution in [-0.4, -0.2) is 0 Å². The van der Waals surface area contributed by atoms with Crippen LogP contribution in [0.15, 0.2) is 22.0 Å². The fourth-order valence-corrected chi connectivity index (χ4v) is 3.94. The van der Waals surface area contributed by atoms with Gasteiger partial charge in [0.1, 0.15) is 0 Å². The van der Waals surface area contributed by atoms with E-state index in [-0.39, 0.29) is 0 Å². The van der Waals surface area contributed by atoms with Gasteiger partial charge in [0, 0.05) is 32.2 Å². The van der Waals surface area contributed by atoms with E-state index in [9.17, 15) is 0 Å². The number of thiophene rings is 2. The summed E-state index contributed by atoms with van der Waals surface area (Å²) in [4.78, 5) is 4.18. The molecule has 0 fully saturated rings. The normalized spacial score (nSPS) is 10.9. The maximum Gasteiger partial charge on any atom is 0.0314 e. The van der Waals surface area contributed by atoms with Crippen LogP contribution in [0.1, 0.15) is 20.2 Å². The molecular formula is C12H14BrNS2. The summed E-state index contributed by atoms with van der Waals surface area (Å²) in [5, 5.41) is 5.64. The molecule has 0 unspecified atom stereocenters. The Morgan fingerprint density at radius 2 is 2.12 bits per heavy atom. The zero-order valence-electron chi connectivity index (χ0n) is 9.34. The lowest BCUT2D eigenvalue weighted by molar-refractivity contribution is 0.706. The van der Waals surface area contributed by atoms with Crippen LogP contribution in [0.5, 0.6) is 0 Å². The molecule has 4 heteroatoms.